The van der Waals surface area contributed by atoms with Gasteiger partial charge in [-0.25, -0.2) is 10.2 Å². The SMILES string of the molecule is COc1cc(/C=N\NC(=O)COc2ccc(C(C)C)cc2)ccc1OC(=O)c1ccc(Cl)cc1. The molecule has 1 amide bonds. The molecule has 3 rings (SSSR count). The first kappa shape index (κ1) is 24.8. The van der Waals surface area contributed by atoms with Gasteiger partial charge in [0.15, 0.2) is 18.1 Å². The first-order valence-electron chi connectivity index (χ1n) is 10.6. The van der Waals surface area contributed by atoms with Gasteiger partial charge in [-0.15, -0.1) is 0 Å². The lowest BCUT2D eigenvalue weighted by Crippen LogP contribution is -2.24. The molecule has 8 heteroatoms. The van der Waals surface area contributed by atoms with Crippen molar-refractivity contribution in [2.75, 3.05) is 13.7 Å². The zero-order chi connectivity index (χ0) is 24.5. The molecule has 0 bridgehead atoms. The summed E-state index contributed by atoms with van der Waals surface area (Å²) in [4.78, 5) is 24.3. The summed E-state index contributed by atoms with van der Waals surface area (Å²) < 4.78 is 16.2. The summed E-state index contributed by atoms with van der Waals surface area (Å²) in [6, 6.07) is 18.9. The van der Waals surface area contributed by atoms with Gasteiger partial charge in [-0.1, -0.05) is 37.6 Å². The van der Waals surface area contributed by atoms with Crippen molar-refractivity contribution in [2.45, 2.75) is 19.8 Å². The van der Waals surface area contributed by atoms with Crippen molar-refractivity contribution in [3.8, 4) is 17.2 Å². The van der Waals surface area contributed by atoms with E-state index in [9.17, 15) is 9.59 Å². The van der Waals surface area contributed by atoms with Crippen molar-refractivity contribution >= 4 is 29.7 Å². The predicted octanol–water partition coefficient (Wildman–Crippen LogP) is 5.22. The number of amides is 1. The quantitative estimate of drug-likeness (QED) is 0.196. The van der Waals surface area contributed by atoms with E-state index in [1.807, 2.05) is 24.3 Å². The summed E-state index contributed by atoms with van der Waals surface area (Å²) in [6.45, 7) is 4.05. The molecular weight excluding hydrogens is 456 g/mol. The number of carbonyl (C=O) groups is 2. The molecule has 0 radical (unpaired) electrons. The van der Waals surface area contributed by atoms with E-state index in [-0.39, 0.29) is 12.4 Å². The van der Waals surface area contributed by atoms with Gasteiger partial charge in [-0.2, -0.15) is 5.10 Å². The number of ether oxygens (including phenoxy) is 3. The van der Waals surface area contributed by atoms with Gasteiger partial charge >= 0.3 is 5.97 Å². The minimum absolute atomic E-state index is 0.165. The number of benzene rings is 3. The molecule has 176 valence electrons. The van der Waals surface area contributed by atoms with Crippen LogP contribution in [0.2, 0.25) is 5.02 Å². The average molecular weight is 481 g/mol. The summed E-state index contributed by atoms with van der Waals surface area (Å²) in [5.74, 6) is 0.686. The Kier molecular flexibility index (Phi) is 8.65. The maximum atomic E-state index is 12.3. The van der Waals surface area contributed by atoms with Gasteiger partial charge in [-0.3, -0.25) is 4.79 Å². The monoisotopic (exact) mass is 480 g/mol. The Morgan fingerprint density at radius 3 is 2.35 bits per heavy atom. The molecule has 3 aromatic rings. The van der Waals surface area contributed by atoms with E-state index in [4.69, 9.17) is 25.8 Å². The number of hydrogen-bond acceptors (Lipinski definition) is 6. The highest BCUT2D eigenvalue weighted by molar-refractivity contribution is 6.30. The average Bonchev–Trinajstić information content (AvgIpc) is 2.84. The molecule has 0 aliphatic carbocycles. The summed E-state index contributed by atoms with van der Waals surface area (Å²) in [5.41, 5.74) is 4.60. The lowest BCUT2D eigenvalue weighted by Gasteiger charge is -2.10. The third-order valence-electron chi connectivity index (χ3n) is 4.79. The topological polar surface area (TPSA) is 86.2 Å². The smallest absolute Gasteiger partial charge is 0.343 e. The van der Waals surface area contributed by atoms with Gasteiger partial charge in [0.05, 0.1) is 18.9 Å². The minimum atomic E-state index is -0.539. The molecular formula is C26H25ClN2O5. The molecule has 34 heavy (non-hydrogen) atoms. The van der Waals surface area contributed by atoms with Crippen LogP contribution in [0.4, 0.5) is 0 Å². The molecule has 0 aliphatic heterocycles. The fourth-order valence-corrected chi connectivity index (χ4v) is 3.03. The first-order valence-corrected chi connectivity index (χ1v) is 10.9. The fraction of sp³-hybridized carbons (Fsp3) is 0.192. The number of halogens is 1. The number of esters is 1. The molecule has 1 N–H and O–H groups in total. The third kappa shape index (κ3) is 7.08. The van der Waals surface area contributed by atoms with E-state index in [0.29, 0.717) is 33.6 Å². The van der Waals surface area contributed by atoms with Crippen molar-refractivity contribution in [1.82, 2.24) is 5.43 Å². The second-order valence-electron chi connectivity index (χ2n) is 7.61. The second-order valence-corrected chi connectivity index (χ2v) is 8.05. The number of nitrogens with zero attached hydrogens (tertiary/aromatic N) is 1. The number of methoxy groups -OCH3 is 1. The van der Waals surface area contributed by atoms with Crippen LogP contribution in [0.15, 0.2) is 71.8 Å². The van der Waals surface area contributed by atoms with Crippen LogP contribution in [0.3, 0.4) is 0 Å². The second kappa shape index (κ2) is 11.9. The predicted molar refractivity (Wildman–Crippen MR) is 131 cm³/mol. The van der Waals surface area contributed by atoms with Gasteiger partial charge in [0, 0.05) is 5.02 Å². The highest BCUT2D eigenvalue weighted by atomic mass is 35.5. The van der Waals surface area contributed by atoms with Crippen LogP contribution in [-0.4, -0.2) is 31.8 Å². The van der Waals surface area contributed by atoms with Crippen molar-refractivity contribution in [2.24, 2.45) is 5.10 Å². The molecule has 0 fully saturated rings. The lowest BCUT2D eigenvalue weighted by atomic mass is 10.0. The Hall–Kier alpha value is -3.84. The first-order chi connectivity index (χ1) is 16.4. The van der Waals surface area contributed by atoms with E-state index in [0.717, 1.165) is 0 Å². The Bertz CT molecular complexity index is 1160. The fourth-order valence-electron chi connectivity index (χ4n) is 2.90. The highest BCUT2D eigenvalue weighted by Crippen LogP contribution is 2.28. The highest BCUT2D eigenvalue weighted by Gasteiger charge is 2.13. The zero-order valence-electron chi connectivity index (χ0n) is 19.1. The molecule has 7 nitrogen and oxygen atoms in total. The van der Waals surface area contributed by atoms with E-state index in [2.05, 4.69) is 24.4 Å². The van der Waals surface area contributed by atoms with Crippen LogP contribution >= 0.6 is 11.6 Å². The van der Waals surface area contributed by atoms with E-state index in [1.165, 1.54) is 18.9 Å². The molecule has 0 saturated heterocycles. The molecule has 0 atom stereocenters. The summed E-state index contributed by atoms with van der Waals surface area (Å²) in [7, 11) is 1.46. The Morgan fingerprint density at radius 1 is 1.00 bits per heavy atom. The lowest BCUT2D eigenvalue weighted by molar-refractivity contribution is -0.123. The minimum Gasteiger partial charge on any atom is -0.493 e. The van der Waals surface area contributed by atoms with Gasteiger partial charge in [0.1, 0.15) is 5.75 Å². The number of rotatable bonds is 9. The van der Waals surface area contributed by atoms with Crippen molar-refractivity contribution < 1.29 is 23.8 Å². The van der Waals surface area contributed by atoms with Gasteiger partial charge in [-0.05, 0) is 71.6 Å². The number of carbonyl (C=O) groups excluding carboxylic acids is 2. The third-order valence-corrected chi connectivity index (χ3v) is 5.04. The van der Waals surface area contributed by atoms with E-state index in [1.54, 1.807) is 42.5 Å². The molecule has 0 spiro atoms. The molecule has 3 aromatic carbocycles. The van der Waals surface area contributed by atoms with Crippen LogP contribution in [0.25, 0.3) is 0 Å². The summed E-state index contributed by atoms with van der Waals surface area (Å²) in [5, 5.41) is 4.46. The number of hydrogen-bond donors (Lipinski definition) is 1. The van der Waals surface area contributed by atoms with E-state index >= 15 is 0 Å². The van der Waals surface area contributed by atoms with Crippen molar-refractivity contribution in [3.05, 3.63) is 88.4 Å². The normalized spacial score (nSPS) is 10.9. The molecule has 0 aliphatic rings. The largest absolute Gasteiger partial charge is 0.493 e. The number of nitrogens with one attached hydrogen (secondary N) is 1. The molecule has 0 aromatic heterocycles. The van der Waals surface area contributed by atoms with Crippen molar-refractivity contribution in [3.63, 3.8) is 0 Å². The molecule has 0 saturated carbocycles. The zero-order valence-corrected chi connectivity index (χ0v) is 19.8. The molecule has 0 heterocycles. The van der Waals surface area contributed by atoms with Gasteiger partial charge < -0.3 is 14.2 Å². The van der Waals surface area contributed by atoms with Crippen molar-refractivity contribution in [1.29, 1.82) is 0 Å². The van der Waals surface area contributed by atoms with Crippen LogP contribution < -0.4 is 19.6 Å². The Balaban J connectivity index is 1.53. The Labute approximate surface area is 203 Å². The standard InChI is InChI=1S/C26H25ClN2O5/c1-17(2)19-7-11-22(12-8-19)33-16-25(30)29-28-15-18-4-13-23(24(14-18)32-3)34-26(31)20-5-9-21(27)10-6-20/h4-15,17H,16H2,1-3H3,(H,29,30)/b28-15-. The van der Waals surface area contributed by atoms with Crippen LogP contribution in [0.5, 0.6) is 17.2 Å². The van der Waals surface area contributed by atoms with Gasteiger partial charge in [0.2, 0.25) is 0 Å². The van der Waals surface area contributed by atoms with Crippen LogP contribution in [0, 0.1) is 0 Å². The van der Waals surface area contributed by atoms with E-state index < -0.39 is 11.9 Å². The maximum Gasteiger partial charge on any atom is 0.343 e. The van der Waals surface area contributed by atoms with Crippen LogP contribution in [0.1, 0.15) is 41.3 Å². The summed E-state index contributed by atoms with van der Waals surface area (Å²) in [6.07, 6.45) is 1.45. The van der Waals surface area contributed by atoms with Gasteiger partial charge in [0.25, 0.3) is 5.91 Å². The molecule has 0 unspecified atom stereocenters. The maximum absolute atomic E-state index is 12.3. The number of hydrazone groups is 1. The van der Waals surface area contributed by atoms with Crippen LogP contribution in [-0.2, 0) is 4.79 Å². The Morgan fingerprint density at radius 2 is 1.71 bits per heavy atom. The summed E-state index contributed by atoms with van der Waals surface area (Å²) >= 11 is 5.85.